The van der Waals surface area contributed by atoms with Gasteiger partial charge >= 0.3 is 0 Å². The standard InChI is InChI=1S/C31H20FNO3S/c32-22-12-5-4-11-21(22)26-27(28(34)24-14-7-17-37-24)33-23-13-6-1-8-18(23)15-16-25(33)31(26)29(35)19-9-2-3-10-20(19)30(31)36/h1-17,25-27H/t25-,26-,27+/m1/s1. The number of benzene rings is 3. The molecule has 1 aliphatic carbocycles. The van der Waals surface area contributed by atoms with Crippen LogP contribution in [0.3, 0.4) is 0 Å². The summed E-state index contributed by atoms with van der Waals surface area (Å²) in [7, 11) is 0. The van der Waals surface area contributed by atoms with E-state index in [0.717, 1.165) is 11.3 Å². The summed E-state index contributed by atoms with van der Waals surface area (Å²) in [5.41, 5.74) is 0.790. The smallest absolute Gasteiger partial charge is 0.195 e. The molecule has 1 aromatic heterocycles. The quantitative estimate of drug-likeness (QED) is 0.246. The minimum absolute atomic E-state index is 0.201. The summed E-state index contributed by atoms with van der Waals surface area (Å²) in [6.45, 7) is 0. The van der Waals surface area contributed by atoms with Crippen molar-refractivity contribution in [3.63, 3.8) is 0 Å². The van der Waals surface area contributed by atoms with Crippen molar-refractivity contribution in [1.29, 1.82) is 0 Å². The molecule has 4 aromatic rings. The van der Waals surface area contributed by atoms with E-state index in [0.29, 0.717) is 16.0 Å². The molecule has 3 heterocycles. The van der Waals surface area contributed by atoms with Gasteiger partial charge in [0.15, 0.2) is 17.3 Å². The maximum atomic E-state index is 15.6. The Morgan fingerprint density at radius 3 is 2.22 bits per heavy atom. The first kappa shape index (κ1) is 22.1. The van der Waals surface area contributed by atoms with Crippen molar-refractivity contribution in [2.24, 2.45) is 5.41 Å². The fourth-order valence-electron chi connectivity index (χ4n) is 6.55. The summed E-state index contributed by atoms with van der Waals surface area (Å²) in [6, 6.07) is 22.4. The highest BCUT2D eigenvalue weighted by atomic mass is 32.1. The highest BCUT2D eigenvalue weighted by Gasteiger charge is 2.71. The molecule has 0 saturated carbocycles. The highest BCUT2D eigenvalue weighted by molar-refractivity contribution is 7.12. The molecule has 4 nitrogen and oxygen atoms in total. The first-order chi connectivity index (χ1) is 18.0. The molecule has 0 unspecified atom stereocenters. The van der Waals surface area contributed by atoms with Gasteiger partial charge in [0.05, 0.1) is 10.9 Å². The van der Waals surface area contributed by atoms with Crippen LogP contribution in [0.25, 0.3) is 6.08 Å². The highest BCUT2D eigenvalue weighted by Crippen LogP contribution is 2.61. The van der Waals surface area contributed by atoms with E-state index in [1.54, 1.807) is 54.6 Å². The van der Waals surface area contributed by atoms with Crippen molar-refractivity contribution < 1.29 is 18.8 Å². The van der Waals surface area contributed by atoms with Crippen molar-refractivity contribution in [3.05, 3.63) is 129 Å². The van der Waals surface area contributed by atoms with E-state index in [2.05, 4.69) is 0 Å². The zero-order valence-electron chi connectivity index (χ0n) is 19.5. The number of hydrogen-bond donors (Lipinski definition) is 0. The predicted octanol–water partition coefficient (Wildman–Crippen LogP) is 6.20. The molecule has 7 rings (SSSR count). The number of hydrogen-bond acceptors (Lipinski definition) is 5. The van der Waals surface area contributed by atoms with E-state index >= 15 is 4.39 Å². The third kappa shape index (κ3) is 2.79. The lowest BCUT2D eigenvalue weighted by molar-refractivity contribution is 0.0664. The maximum Gasteiger partial charge on any atom is 0.195 e. The van der Waals surface area contributed by atoms with Crippen LogP contribution in [0.4, 0.5) is 10.1 Å². The Morgan fingerprint density at radius 2 is 1.51 bits per heavy atom. The lowest BCUT2D eigenvalue weighted by Crippen LogP contribution is -2.48. The number of nitrogens with zero attached hydrogens (tertiary/aromatic N) is 1. The molecule has 180 valence electrons. The SMILES string of the molecule is O=C(c1cccs1)[C@@H]1[C@@H](c2ccccc2F)C2(C(=O)c3ccccc3C2=O)[C@H]2C=Cc3ccccc3N12. The van der Waals surface area contributed by atoms with Gasteiger partial charge < -0.3 is 4.90 Å². The summed E-state index contributed by atoms with van der Waals surface area (Å²) in [5, 5.41) is 1.82. The molecule has 0 N–H and O–H groups in total. The van der Waals surface area contributed by atoms with Crippen LogP contribution < -0.4 is 4.90 Å². The van der Waals surface area contributed by atoms with Crippen molar-refractivity contribution in [2.45, 2.75) is 18.0 Å². The Hall–Kier alpha value is -4.16. The number of rotatable bonds is 3. The minimum Gasteiger partial charge on any atom is -0.352 e. The van der Waals surface area contributed by atoms with E-state index in [-0.39, 0.29) is 22.9 Å². The average Bonchev–Trinajstić information content (AvgIpc) is 3.62. The normalized spacial score (nSPS) is 22.7. The molecule has 1 spiro atoms. The summed E-state index contributed by atoms with van der Waals surface area (Å²) < 4.78 is 15.6. The van der Waals surface area contributed by atoms with Crippen molar-refractivity contribution >= 4 is 40.4 Å². The van der Waals surface area contributed by atoms with E-state index < -0.39 is 29.2 Å². The first-order valence-electron chi connectivity index (χ1n) is 12.1. The Morgan fingerprint density at radius 1 is 0.838 bits per heavy atom. The van der Waals surface area contributed by atoms with Gasteiger partial charge in [-0.1, -0.05) is 78.9 Å². The van der Waals surface area contributed by atoms with Crippen LogP contribution in [0.5, 0.6) is 0 Å². The zero-order valence-corrected chi connectivity index (χ0v) is 20.3. The van der Waals surface area contributed by atoms with Crippen LogP contribution in [-0.4, -0.2) is 29.4 Å². The second-order valence-corrected chi connectivity index (χ2v) is 10.6. The molecular formula is C31H20FNO3S. The van der Waals surface area contributed by atoms with Gasteiger partial charge in [0.2, 0.25) is 0 Å². The summed E-state index contributed by atoms with van der Waals surface area (Å²) in [6.07, 6.45) is 3.75. The molecule has 3 atom stereocenters. The molecule has 3 aliphatic rings. The molecule has 1 fully saturated rings. The third-order valence-corrected chi connectivity index (χ3v) is 8.87. The number of Topliss-reactive ketones (excluding diaryl/α,β-unsaturated/α-hetero) is 3. The number of halogens is 1. The molecule has 0 amide bonds. The van der Waals surface area contributed by atoms with E-state index in [9.17, 15) is 14.4 Å². The Kier molecular flexibility index (Phi) is 4.72. The van der Waals surface area contributed by atoms with Gasteiger partial charge in [-0.25, -0.2) is 4.39 Å². The lowest BCUT2D eigenvalue weighted by atomic mass is 9.64. The Balaban J connectivity index is 1.58. The zero-order chi connectivity index (χ0) is 25.3. The van der Waals surface area contributed by atoms with Gasteiger partial charge in [-0.3, -0.25) is 14.4 Å². The van der Waals surface area contributed by atoms with E-state index in [4.69, 9.17) is 0 Å². The number of thiophene rings is 1. The van der Waals surface area contributed by atoms with Crippen LogP contribution in [0.2, 0.25) is 0 Å². The fourth-order valence-corrected chi connectivity index (χ4v) is 7.25. The average molecular weight is 506 g/mol. The predicted molar refractivity (Wildman–Crippen MR) is 141 cm³/mol. The number of carbonyl (C=O) groups excluding carboxylic acids is 3. The number of anilines is 1. The van der Waals surface area contributed by atoms with Gasteiger partial charge in [0.1, 0.15) is 17.3 Å². The number of para-hydroxylation sites is 1. The van der Waals surface area contributed by atoms with Crippen LogP contribution in [0.15, 0.2) is 96.4 Å². The largest absolute Gasteiger partial charge is 0.352 e. The number of carbonyl (C=O) groups is 3. The van der Waals surface area contributed by atoms with Gasteiger partial charge in [-0.2, -0.15) is 0 Å². The van der Waals surface area contributed by atoms with Gasteiger partial charge in [-0.15, -0.1) is 11.3 Å². The molecule has 37 heavy (non-hydrogen) atoms. The van der Waals surface area contributed by atoms with Crippen molar-refractivity contribution in [3.8, 4) is 0 Å². The topological polar surface area (TPSA) is 54.5 Å². The van der Waals surface area contributed by atoms with Gasteiger partial charge in [0.25, 0.3) is 0 Å². The number of fused-ring (bicyclic) bond motifs is 5. The van der Waals surface area contributed by atoms with Gasteiger partial charge in [0, 0.05) is 22.7 Å². The molecule has 0 radical (unpaired) electrons. The maximum absolute atomic E-state index is 15.6. The summed E-state index contributed by atoms with van der Waals surface area (Å²) in [4.78, 5) is 45.6. The van der Waals surface area contributed by atoms with Crippen LogP contribution >= 0.6 is 11.3 Å². The first-order valence-corrected chi connectivity index (χ1v) is 13.0. The monoisotopic (exact) mass is 505 g/mol. The van der Waals surface area contributed by atoms with E-state index in [1.165, 1.54) is 17.4 Å². The van der Waals surface area contributed by atoms with E-state index in [1.807, 2.05) is 46.7 Å². The van der Waals surface area contributed by atoms with Crippen LogP contribution in [0.1, 0.15) is 47.4 Å². The molecule has 3 aromatic carbocycles. The summed E-state index contributed by atoms with van der Waals surface area (Å²) >= 11 is 1.30. The number of ketones is 3. The third-order valence-electron chi connectivity index (χ3n) is 7.99. The molecule has 2 aliphatic heterocycles. The molecular weight excluding hydrogens is 485 g/mol. The second-order valence-electron chi connectivity index (χ2n) is 9.63. The van der Waals surface area contributed by atoms with Crippen LogP contribution in [-0.2, 0) is 0 Å². The van der Waals surface area contributed by atoms with Crippen molar-refractivity contribution in [2.75, 3.05) is 4.90 Å². The molecule has 6 heteroatoms. The molecule has 0 bridgehead atoms. The summed E-state index contributed by atoms with van der Waals surface area (Å²) in [5.74, 6) is -2.52. The second kappa shape index (κ2) is 7.92. The fraction of sp³-hybridized carbons (Fsp3) is 0.129. The lowest BCUT2D eigenvalue weighted by Gasteiger charge is -2.37. The Bertz CT molecular complexity index is 1600. The minimum atomic E-state index is -1.69. The van der Waals surface area contributed by atoms with Gasteiger partial charge in [-0.05, 0) is 34.7 Å². The van der Waals surface area contributed by atoms with Crippen LogP contribution in [0, 0.1) is 11.2 Å². The Labute approximate surface area is 216 Å². The van der Waals surface area contributed by atoms with Crippen molar-refractivity contribution in [1.82, 2.24) is 0 Å². The molecule has 1 saturated heterocycles.